The molecule has 1 aliphatic heterocycles. The van der Waals surface area contributed by atoms with Crippen molar-refractivity contribution in [3.8, 4) is 0 Å². The molecule has 1 aromatic carbocycles. The lowest BCUT2D eigenvalue weighted by Crippen LogP contribution is -2.30. The summed E-state index contributed by atoms with van der Waals surface area (Å²) in [5, 5.41) is 3.15. The number of hydrogen-bond acceptors (Lipinski definition) is 3. The highest BCUT2D eigenvalue weighted by Gasteiger charge is 2.17. The maximum absolute atomic E-state index is 5.53. The van der Waals surface area contributed by atoms with E-state index in [0.717, 1.165) is 38.4 Å². The summed E-state index contributed by atoms with van der Waals surface area (Å²) in [6, 6.07) is 10.8. The lowest BCUT2D eigenvalue weighted by molar-refractivity contribution is 0.243. The lowest BCUT2D eigenvalue weighted by Gasteiger charge is -2.28. The fourth-order valence-electron chi connectivity index (χ4n) is 2.75. The molecule has 19 heavy (non-hydrogen) atoms. The molecule has 0 fully saturated rings. The maximum atomic E-state index is 5.53. The highest BCUT2D eigenvalue weighted by Crippen LogP contribution is 2.21. The van der Waals surface area contributed by atoms with Crippen LogP contribution in [0.15, 0.2) is 41.0 Å². The van der Waals surface area contributed by atoms with E-state index < -0.39 is 0 Å². The first-order valence-corrected chi connectivity index (χ1v) is 6.86. The summed E-state index contributed by atoms with van der Waals surface area (Å²) < 4.78 is 5.53. The standard InChI is InChI=1S/C16H20N2O/c1-17-10-16-15(7-9-19-16)12-18-8-6-13-4-2-3-5-14(13)11-18/h2-5,7,9,17H,6,8,10-12H2,1H3. The third kappa shape index (κ3) is 2.72. The predicted octanol–water partition coefficient (Wildman–Crippen LogP) is 2.56. The molecule has 0 saturated carbocycles. The van der Waals surface area contributed by atoms with Crippen LogP contribution in [0.5, 0.6) is 0 Å². The van der Waals surface area contributed by atoms with Gasteiger partial charge in [-0.05, 0) is 30.7 Å². The van der Waals surface area contributed by atoms with Crippen LogP contribution in [0.1, 0.15) is 22.5 Å². The van der Waals surface area contributed by atoms with Crippen molar-refractivity contribution in [2.24, 2.45) is 0 Å². The largest absolute Gasteiger partial charge is 0.468 e. The fraction of sp³-hybridized carbons (Fsp3) is 0.375. The van der Waals surface area contributed by atoms with Crippen molar-refractivity contribution in [1.82, 2.24) is 10.2 Å². The Balaban J connectivity index is 1.70. The molecule has 0 amide bonds. The van der Waals surface area contributed by atoms with Crippen LogP contribution >= 0.6 is 0 Å². The van der Waals surface area contributed by atoms with Crippen molar-refractivity contribution < 1.29 is 4.42 Å². The van der Waals surface area contributed by atoms with Gasteiger partial charge in [0.1, 0.15) is 5.76 Å². The molecule has 1 N–H and O–H groups in total. The normalized spacial score (nSPS) is 15.4. The minimum Gasteiger partial charge on any atom is -0.468 e. The van der Waals surface area contributed by atoms with E-state index in [1.807, 2.05) is 7.05 Å². The van der Waals surface area contributed by atoms with Crippen LogP contribution in [0, 0.1) is 0 Å². The van der Waals surface area contributed by atoms with E-state index in [-0.39, 0.29) is 0 Å². The number of fused-ring (bicyclic) bond motifs is 1. The second-order valence-electron chi connectivity index (χ2n) is 5.13. The molecule has 1 aliphatic rings. The van der Waals surface area contributed by atoms with Gasteiger partial charge in [0.2, 0.25) is 0 Å². The number of furan rings is 1. The van der Waals surface area contributed by atoms with E-state index in [1.54, 1.807) is 6.26 Å². The molecule has 0 spiro atoms. The van der Waals surface area contributed by atoms with E-state index in [9.17, 15) is 0 Å². The summed E-state index contributed by atoms with van der Waals surface area (Å²) in [4.78, 5) is 2.49. The first kappa shape index (κ1) is 12.5. The van der Waals surface area contributed by atoms with E-state index in [1.165, 1.54) is 16.7 Å². The highest BCUT2D eigenvalue weighted by atomic mass is 16.3. The van der Waals surface area contributed by atoms with Gasteiger partial charge in [-0.3, -0.25) is 4.90 Å². The van der Waals surface area contributed by atoms with Crippen LogP contribution in [-0.4, -0.2) is 18.5 Å². The Morgan fingerprint density at radius 2 is 2.05 bits per heavy atom. The molecule has 3 nitrogen and oxygen atoms in total. The van der Waals surface area contributed by atoms with E-state index in [4.69, 9.17) is 4.42 Å². The summed E-state index contributed by atoms with van der Waals surface area (Å²) in [5.74, 6) is 1.06. The molecule has 100 valence electrons. The summed E-state index contributed by atoms with van der Waals surface area (Å²) >= 11 is 0. The molecule has 1 aromatic heterocycles. The molecule has 0 aliphatic carbocycles. The fourth-order valence-corrected chi connectivity index (χ4v) is 2.75. The molecule has 3 rings (SSSR count). The molecule has 0 bridgehead atoms. The molecule has 0 unspecified atom stereocenters. The smallest absolute Gasteiger partial charge is 0.122 e. The van der Waals surface area contributed by atoms with Crippen molar-refractivity contribution in [2.45, 2.75) is 26.1 Å². The van der Waals surface area contributed by atoms with Gasteiger partial charge in [-0.2, -0.15) is 0 Å². The average Bonchev–Trinajstić information content (AvgIpc) is 2.86. The number of hydrogen-bond donors (Lipinski definition) is 1. The second kappa shape index (κ2) is 5.59. The summed E-state index contributed by atoms with van der Waals surface area (Å²) in [6.45, 7) is 3.94. The van der Waals surface area contributed by atoms with Crippen LogP contribution < -0.4 is 5.32 Å². The van der Waals surface area contributed by atoms with Crippen molar-refractivity contribution >= 4 is 0 Å². The van der Waals surface area contributed by atoms with Gasteiger partial charge in [-0.1, -0.05) is 24.3 Å². The van der Waals surface area contributed by atoms with E-state index in [0.29, 0.717) is 0 Å². The maximum Gasteiger partial charge on any atom is 0.122 e. The molecule has 0 saturated heterocycles. The average molecular weight is 256 g/mol. The Labute approximate surface area is 114 Å². The van der Waals surface area contributed by atoms with Gasteiger partial charge in [-0.15, -0.1) is 0 Å². The zero-order chi connectivity index (χ0) is 13.1. The van der Waals surface area contributed by atoms with Gasteiger partial charge in [0.05, 0.1) is 12.8 Å². The Bertz CT molecular complexity index is 547. The van der Waals surface area contributed by atoms with Crippen molar-refractivity contribution in [3.63, 3.8) is 0 Å². The molecule has 3 heteroatoms. The minimum atomic E-state index is 0.798. The van der Waals surface area contributed by atoms with Crippen LogP contribution in [0.3, 0.4) is 0 Å². The van der Waals surface area contributed by atoms with Gasteiger partial charge in [0.15, 0.2) is 0 Å². The first-order valence-electron chi connectivity index (χ1n) is 6.86. The lowest BCUT2D eigenvalue weighted by atomic mass is 9.99. The zero-order valence-electron chi connectivity index (χ0n) is 11.4. The number of nitrogens with one attached hydrogen (secondary N) is 1. The summed E-state index contributed by atoms with van der Waals surface area (Å²) in [5.41, 5.74) is 4.27. The summed E-state index contributed by atoms with van der Waals surface area (Å²) in [7, 11) is 1.95. The number of nitrogens with zero attached hydrogens (tertiary/aromatic N) is 1. The molecule has 0 atom stereocenters. The van der Waals surface area contributed by atoms with Crippen LogP contribution in [0.25, 0.3) is 0 Å². The molecule has 2 heterocycles. The number of rotatable bonds is 4. The SMILES string of the molecule is CNCc1occc1CN1CCc2ccccc2C1. The van der Waals surface area contributed by atoms with Gasteiger partial charge in [-0.25, -0.2) is 0 Å². The number of benzene rings is 1. The quantitative estimate of drug-likeness (QED) is 0.911. The van der Waals surface area contributed by atoms with Gasteiger partial charge < -0.3 is 9.73 Å². The molecular formula is C16H20N2O. The van der Waals surface area contributed by atoms with Crippen molar-refractivity contribution in [2.75, 3.05) is 13.6 Å². The minimum absolute atomic E-state index is 0.798. The molecule has 2 aromatic rings. The second-order valence-corrected chi connectivity index (χ2v) is 5.13. The van der Waals surface area contributed by atoms with Crippen LogP contribution in [-0.2, 0) is 26.1 Å². The summed E-state index contributed by atoms with van der Waals surface area (Å²) in [6.07, 6.45) is 2.94. The first-order chi connectivity index (χ1) is 9.36. The topological polar surface area (TPSA) is 28.4 Å². The van der Waals surface area contributed by atoms with E-state index >= 15 is 0 Å². The molecular weight excluding hydrogens is 236 g/mol. The Morgan fingerprint density at radius 3 is 2.89 bits per heavy atom. The van der Waals surface area contributed by atoms with Gasteiger partial charge in [0.25, 0.3) is 0 Å². The molecule has 0 radical (unpaired) electrons. The Hall–Kier alpha value is -1.58. The van der Waals surface area contributed by atoms with E-state index in [2.05, 4.69) is 40.5 Å². The van der Waals surface area contributed by atoms with Crippen LogP contribution in [0.4, 0.5) is 0 Å². The third-order valence-corrected chi connectivity index (χ3v) is 3.78. The van der Waals surface area contributed by atoms with Crippen LogP contribution in [0.2, 0.25) is 0 Å². The van der Waals surface area contributed by atoms with Crippen molar-refractivity contribution in [1.29, 1.82) is 0 Å². The zero-order valence-corrected chi connectivity index (χ0v) is 11.4. The van der Waals surface area contributed by atoms with Gasteiger partial charge >= 0.3 is 0 Å². The Kier molecular flexibility index (Phi) is 3.67. The van der Waals surface area contributed by atoms with Gasteiger partial charge in [0, 0.05) is 25.2 Å². The predicted molar refractivity (Wildman–Crippen MR) is 75.7 cm³/mol. The highest BCUT2D eigenvalue weighted by molar-refractivity contribution is 5.29. The monoisotopic (exact) mass is 256 g/mol. The van der Waals surface area contributed by atoms with Crippen molar-refractivity contribution in [3.05, 3.63) is 59.0 Å². The third-order valence-electron chi connectivity index (χ3n) is 3.78. The Morgan fingerprint density at radius 1 is 1.21 bits per heavy atom.